The van der Waals surface area contributed by atoms with Gasteiger partial charge in [0.1, 0.15) is 0 Å². The maximum Gasteiger partial charge on any atom is 0.246 e. The first kappa shape index (κ1) is 17.2. The highest BCUT2D eigenvalue weighted by atomic mass is 16.1. The molecule has 0 saturated heterocycles. The van der Waals surface area contributed by atoms with E-state index in [1.165, 1.54) is 0 Å². The summed E-state index contributed by atoms with van der Waals surface area (Å²) in [4.78, 5) is 11.7. The summed E-state index contributed by atoms with van der Waals surface area (Å²) < 4.78 is 1.12. The number of nitrogens with zero attached hydrogens (tertiary/aromatic N) is 1. The molecule has 1 N–H and O–H groups in total. The van der Waals surface area contributed by atoms with E-state index in [0.29, 0.717) is 5.57 Å². The van der Waals surface area contributed by atoms with Crippen LogP contribution in [0.1, 0.15) is 48.0 Å². The van der Waals surface area contributed by atoms with E-state index in [4.69, 9.17) is 0 Å². The van der Waals surface area contributed by atoms with Crippen LogP contribution >= 0.6 is 0 Å². The maximum absolute atomic E-state index is 11.7. The van der Waals surface area contributed by atoms with Crippen LogP contribution in [0.15, 0.2) is 12.2 Å². The second-order valence-corrected chi connectivity index (χ2v) is 5.88. The lowest BCUT2D eigenvalue weighted by atomic mass is 9.98. The Bertz CT molecular complexity index is 283. The molecule has 106 valence electrons. The van der Waals surface area contributed by atoms with Crippen molar-refractivity contribution in [2.45, 2.75) is 53.5 Å². The summed E-state index contributed by atoms with van der Waals surface area (Å²) in [5.74, 6) is -0.0393. The summed E-state index contributed by atoms with van der Waals surface area (Å²) in [6.45, 7) is 20.9. The van der Waals surface area contributed by atoms with Crippen molar-refractivity contribution in [1.29, 1.82) is 0 Å². The first-order chi connectivity index (χ1) is 8.22. The normalized spacial score (nSPS) is 12.3. The fourth-order valence-corrected chi connectivity index (χ4v) is 2.14. The van der Waals surface area contributed by atoms with Crippen LogP contribution in [0, 0.1) is 0 Å². The molecule has 0 bridgehead atoms. The van der Waals surface area contributed by atoms with E-state index in [0.717, 1.165) is 37.1 Å². The second kappa shape index (κ2) is 6.93. The summed E-state index contributed by atoms with van der Waals surface area (Å²) in [6, 6.07) is 0. The first-order valence-electron chi connectivity index (χ1n) is 7.05. The lowest BCUT2D eigenvalue weighted by Crippen LogP contribution is -2.52. The van der Waals surface area contributed by atoms with E-state index < -0.39 is 0 Å². The molecule has 0 rings (SSSR count). The quantitative estimate of drug-likeness (QED) is 0.524. The average Bonchev–Trinajstić information content (AvgIpc) is 2.31. The van der Waals surface area contributed by atoms with Crippen LogP contribution in [-0.2, 0) is 4.79 Å². The van der Waals surface area contributed by atoms with Crippen molar-refractivity contribution >= 4 is 5.91 Å². The van der Waals surface area contributed by atoms with Crippen LogP contribution in [-0.4, -0.2) is 42.1 Å². The van der Waals surface area contributed by atoms with Crippen LogP contribution in [0.25, 0.3) is 0 Å². The number of carbonyl (C=O) groups excluding carboxylic acids is 1. The predicted molar refractivity (Wildman–Crippen MR) is 78.4 cm³/mol. The van der Waals surface area contributed by atoms with Gasteiger partial charge in [-0.3, -0.25) is 4.79 Å². The molecule has 0 aliphatic heterocycles. The molecule has 0 radical (unpaired) electrons. The topological polar surface area (TPSA) is 29.1 Å². The third-order valence-electron chi connectivity index (χ3n) is 4.06. The SMILES string of the molecule is C=C(C)C(=O)NC(C)(C)CC[N+](CC)(CC)CC. The molecule has 0 atom stereocenters. The van der Waals surface area contributed by atoms with Crippen LogP contribution in [0.5, 0.6) is 0 Å². The monoisotopic (exact) mass is 255 g/mol. The van der Waals surface area contributed by atoms with Gasteiger partial charge in [-0.05, 0) is 41.5 Å². The molecule has 0 fully saturated rings. The Labute approximate surface area is 113 Å². The average molecular weight is 255 g/mol. The van der Waals surface area contributed by atoms with Gasteiger partial charge < -0.3 is 9.80 Å². The molecule has 1 amide bonds. The van der Waals surface area contributed by atoms with Crippen molar-refractivity contribution in [2.75, 3.05) is 26.2 Å². The Morgan fingerprint density at radius 3 is 1.94 bits per heavy atom. The highest BCUT2D eigenvalue weighted by Gasteiger charge is 2.27. The molecule has 0 spiro atoms. The molecule has 3 heteroatoms. The number of amides is 1. The van der Waals surface area contributed by atoms with Gasteiger partial charge in [0.15, 0.2) is 0 Å². The minimum absolute atomic E-state index is 0.0393. The Kier molecular flexibility index (Phi) is 6.61. The van der Waals surface area contributed by atoms with Gasteiger partial charge in [0.2, 0.25) is 5.91 Å². The zero-order chi connectivity index (χ0) is 14.4. The number of hydrogen-bond donors (Lipinski definition) is 1. The van der Waals surface area contributed by atoms with Crippen molar-refractivity contribution < 1.29 is 9.28 Å². The molecular formula is C15H31N2O+. The van der Waals surface area contributed by atoms with E-state index in [9.17, 15) is 4.79 Å². The molecule has 18 heavy (non-hydrogen) atoms. The van der Waals surface area contributed by atoms with Crippen LogP contribution in [0.4, 0.5) is 0 Å². The molecule has 0 unspecified atom stereocenters. The summed E-state index contributed by atoms with van der Waals surface area (Å²) in [5, 5.41) is 3.05. The Balaban J connectivity index is 4.49. The number of nitrogens with one attached hydrogen (secondary N) is 1. The maximum atomic E-state index is 11.7. The standard InChI is InChI=1S/C15H30N2O/c1-8-17(9-2,10-3)12-11-15(6,7)16-14(18)13(4)5/h4,8-12H2,1-3,5-7H3/p+1. The number of quaternary nitrogens is 1. The largest absolute Gasteiger partial charge is 0.347 e. The van der Waals surface area contributed by atoms with Gasteiger partial charge in [-0.1, -0.05) is 6.58 Å². The van der Waals surface area contributed by atoms with E-state index in [-0.39, 0.29) is 11.4 Å². The fraction of sp³-hybridized carbons (Fsp3) is 0.800. The summed E-state index contributed by atoms with van der Waals surface area (Å²) in [7, 11) is 0. The third-order valence-corrected chi connectivity index (χ3v) is 4.06. The summed E-state index contributed by atoms with van der Waals surface area (Å²) in [5.41, 5.74) is 0.407. The Morgan fingerprint density at radius 2 is 1.61 bits per heavy atom. The molecule has 0 aliphatic rings. The molecule has 0 aromatic heterocycles. The van der Waals surface area contributed by atoms with Crippen molar-refractivity contribution in [1.82, 2.24) is 5.32 Å². The van der Waals surface area contributed by atoms with Gasteiger partial charge in [-0.2, -0.15) is 0 Å². The second-order valence-electron chi connectivity index (χ2n) is 5.88. The smallest absolute Gasteiger partial charge is 0.246 e. The van der Waals surface area contributed by atoms with Gasteiger partial charge in [0.25, 0.3) is 0 Å². The fourth-order valence-electron chi connectivity index (χ4n) is 2.14. The predicted octanol–water partition coefficient (Wildman–Crippen LogP) is 2.72. The lowest BCUT2D eigenvalue weighted by Gasteiger charge is -2.38. The zero-order valence-corrected chi connectivity index (χ0v) is 13.1. The van der Waals surface area contributed by atoms with Gasteiger partial charge in [-0.25, -0.2) is 0 Å². The van der Waals surface area contributed by atoms with E-state index in [1.807, 2.05) is 0 Å². The van der Waals surface area contributed by atoms with Gasteiger partial charge >= 0.3 is 0 Å². The van der Waals surface area contributed by atoms with Crippen LogP contribution in [0.3, 0.4) is 0 Å². The molecule has 0 saturated carbocycles. The van der Waals surface area contributed by atoms with Crippen molar-refractivity contribution in [3.63, 3.8) is 0 Å². The van der Waals surface area contributed by atoms with Crippen LogP contribution in [0.2, 0.25) is 0 Å². The lowest BCUT2D eigenvalue weighted by molar-refractivity contribution is -0.923. The van der Waals surface area contributed by atoms with Crippen molar-refractivity contribution in [3.8, 4) is 0 Å². The van der Waals surface area contributed by atoms with Gasteiger partial charge in [0.05, 0.1) is 26.2 Å². The number of rotatable bonds is 8. The molecule has 0 aromatic rings. The van der Waals surface area contributed by atoms with Crippen molar-refractivity contribution in [2.24, 2.45) is 0 Å². The Hall–Kier alpha value is -0.830. The third kappa shape index (κ3) is 5.21. The minimum atomic E-state index is -0.168. The molecule has 0 aromatic carbocycles. The molecule has 0 heterocycles. The van der Waals surface area contributed by atoms with Crippen LogP contribution < -0.4 is 5.32 Å². The number of hydrogen-bond acceptors (Lipinski definition) is 1. The van der Waals surface area contributed by atoms with Gasteiger partial charge in [0, 0.05) is 17.5 Å². The van der Waals surface area contributed by atoms with Gasteiger partial charge in [-0.15, -0.1) is 0 Å². The highest BCUT2D eigenvalue weighted by Crippen LogP contribution is 2.15. The zero-order valence-electron chi connectivity index (χ0n) is 13.1. The summed E-state index contributed by atoms with van der Waals surface area (Å²) in [6.07, 6.45) is 0.988. The minimum Gasteiger partial charge on any atom is -0.347 e. The molecule has 0 aliphatic carbocycles. The molecule has 3 nitrogen and oxygen atoms in total. The number of carbonyl (C=O) groups is 1. The first-order valence-corrected chi connectivity index (χ1v) is 7.05. The van der Waals surface area contributed by atoms with E-state index in [2.05, 4.69) is 46.5 Å². The highest BCUT2D eigenvalue weighted by molar-refractivity contribution is 5.92. The Morgan fingerprint density at radius 1 is 1.17 bits per heavy atom. The van der Waals surface area contributed by atoms with E-state index >= 15 is 0 Å². The van der Waals surface area contributed by atoms with Crippen molar-refractivity contribution in [3.05, 3.63) is 12.2 Å². The molecular weight excluding hydrogens is 224 g/mol. The van der Waals surface area contributed by atoms with E-state index in [1.54, 1.807) is 6.92 Å². The summed E-state index contributed by atoms with van der Waals surface area (Å²) >= 11 is 0.